The Balaban J connectivity index is 1.28. The molecule has 1 aliphatic heterocycles. The minimum absolute atomic E-state index is 0.0590. The van der Waals surface area contributed by atoms with Gasteiger partial charge in [-0.2, -0.15) is 0 Å². The van der Waals surface area contributed by atoms with E-state index in [9.17, 15) is 19.1 Å². The molecule has 5 rings (SSSR count). The van der Waals surface area contributed by atoms with Gasteiger partial charge in [0.1, 0.15) is 18.5 Å². The van der Waals surface area contributed by atoms with E-state index in [2.05, 4.69) is 10.6 Å². The van der Waals surface area contributed by atoms with E-state index in [1.807, 2.05) is 53.4 Å². The Kier molecular flexibility index (Phi) is 6.86. The van der Waals surface area contributed by atoms with Gasteiger partial charge in [-0.3, -0.25) is 0 Å². The molecule has 1 unspecified atom stereocenters. The summed E-state index contributed by atoms with van der Waals surface area (Å²) in [6.07, 6.45) is -0.874. The molecule has 3 aromatic rings. The number of nitrogens with one attached hydrogen (secondary N) is 2. The number of carboxylic acids is 1. The molecule has 0 spiro atoms. The second-order valence-corrected chi connectivity index (χ2v) is 9.05. The van der Waals surface area contributed by atoms with Crippen LogP contribution in [0.25, 0.3) is 11.1 Å². The average Bonchev–Trinajstić information content (AvgIpc) is 3.21. The number of carbonyl (C=O) groups excluding carboxylic acids is 1. The van der Waals surface area contributed by atoms with Crippen LogP contribution in [0.2, 0.25) is 0 Å². The first-order valence-electron chi connectivity index (χ1n) is 12.1. The number of para-hydroxylation sites is 1. The second kappa shape index (κ2) is 10.4. The van der Waals surface area contributed by atoms with Crippen molar-refractivity contribution < 1.29 is 23.8 Å². The van der Waals surface area contributed by atoms with Crippen molar-refractivity contribution in [2.45, 2.75) is 18.4 Å². The van der Waals surface area contributed by atoms with Crippen LogP contribution in [-0.4, -0.2) is 56.0 Å². The Morgan fingerprint density at radius 1 is 1.00 bits per heavy atom. The highest BCUT2D eigenvalue weighted by atomic mass is 19.1. The summed E-state index contributed by atoms with van der Waals surface area (Å²) in [5.74, 6) is -1.74. The monoisotopic (exact) mass is 489 g/mol. The first-order valence-corrected chi connectivity index (χ1v) is 12.1. The van der Waals surface area contributed by atoms with Crippen LogP contribution in [0.3, 0.4) is 0 Å². The van der Waals surface area contributed by atoms with Gasteiger partial charge in [-0.25, -0.2) is 14.0 Å². The van der Waals surface area contributed by atoms with Gasteiger partial charge >= 0.3 is 12.1 Å². The Morgan fingerprint density at radius 3 is 2.28 bits per heavy atom. The molecule has 1 aliphatic carbocycles. The number of aliphatic carboxylic acids is 1. The average molecular weight is 490 g/mol. The molecule has 0 radical (unpaired) electrons. The summed E-state index contributed by atoms with van der Waals surface area (Å²) < 4.78 is 20.3. The van der Waals surface area contributed by atoms with E-state index in [4.69, 9.17) is 4.74 Å². The fourth-order valence-corrected chi connectivity index (χ4v) is 5.17. The number of carbonyl (C=O) groups is 2. The summed E-state index contributed by atoms with van der Waals surface area (Å²) in [6.45, 7) is 2.75. The molecule has 8 heteroatoms. The molecule has 36 heavy (non-hydrogen) atoms. The summed E-state index contributed by atoms with van der Waals surface area (Å²) >= 11 is 0. The van der Waals surface area contributed by atoms with Crippen molar-refractivity contribution in [1.29, 1.82) is 0 Å². The van der Waals surface area contributed by atoms with E-state index >= 15 is 0 Å². The summed E-state index contributed by atoms with van der Waals surface area (Å²) in [6, 6.07) is 19.4. The predicted octanol–water partition coefficient (Wildman–Crippen LogP) is 3.77. The number of halogens is 1. The molecule has 0 aromatic heterocycles. The number of fused-ring (bicyclic) bond motifs is 3. The van der Waals surface area contributed by atoms with E-state index < -0.39 is 23.9 Å². The van der Waals surface area contributed by atoms with E-state index in [0.29, 0.717) is 37.4 Å². The third-order valence-corrected chi connectivity index (χ3v) is 6.86. The molecule has 1 heterocycles. The lowest BCUT2D eigenvalue weighted by molar-refractivity contribution is -0.139. The normalized spacial score (nSPS) is 15.6. The Hall–Kier alpha value is -3.91. The van der Waals surface area contributed by atoms with Crippen LogP contribution < -0.4 is 15.5 Å². The molecule has 1 atom stereocenters. The van der Waals surface area contributed by atoms with Gasteiger partial charge in [-0.1, -0.05) is 60.7 Å². The third-order valence-electron chi connectivity index (χ3n) is 6.86. The lowest BCUT2D eigenvalue weighted by Gasteiger charge is -2.32. The maximum Gasteiger partial charge on any atom is 0.407 e. The smallest absolute Gasteiger partial charge is 0.407 e. The number of hydrogen-bond acceptors (Lipinski definition) is 5. The molecule has 1 saturated heterocycles. The zero-order chi connectivity index (χ0) is 25.1. The Labute approximate surface area is 208 Å². The highest BCUT2D eigenvalue weighted by Crippen LogP contribution is 2.44. The van der Waals surface area contributed by atoms with Gasteiger partial charge in [0.2, 0.25) is 0 Å². The molecular formula is C28H28FN3O4. The Morgan fingerprint density at radius 2 is 1.64 bits per heavy atom. The molecule has 186 valence electrons. The highest BCUT2D eigenvalue weighted by molar-refractivity contribution is 5.81. The first-order chi connectivity index (χ1) is 17.5. The van der Waals surface area contributed by atoms with Gasteiger partial charge in [-0.15, -0.1) is 0 Å². The summed E-state index contributed by atoms with van der Waals surface area (Å²) in [5.41, 5.74) is 5.28. The molecule has 0 bridgehead atoms. The molecule has 7 nitrogen and oxygen atoms in total. The number of rotatable bonds is 7. The van der Waals surface area contributed by atoms with Crippen LogP contribution in [0.4, 0.5) is 14.9 Å². The minimum Gasteiger partial charge on any atom is -0.480 e. The van der Waals surface area contributed by atoms with E-state index in [1.54, 1.807) is 12.1 Å². The van der Waals surface area contributed by atoms with Crippen molar-refractivity contribution in [1.82, 2.24) is 10.6 Å². The van der Waals surface area contributed by atoms with Crippen LogP contribution >= 0.6 is 0 Å². The van der Waals surface area contributed by atoms with Crippen molar-refractivity contribution >= 4 is 17.7 Å². The van der Waals surface area contributed by atoms with Crippen LogP contribution in [0.5, 0.6) is 0 Å². The third kappa shape index (κ3) is 4.77. The molecule has 3 aromatic carbocycles. The van der Waals surface area contributed by atoms with E-state index in [1.165, 1.54) is 6.07 Å². The highest BCUT2D eigenvalue weighted by Gasteiger charge is 2.30. The number of nitrogens with zero attached hydrogens (tertiary/aromatic N) is 1. The number of piperazine rings is 1. The van der Waals surface area contributed by atoms with Crippen LogP contribution in [0, 0.1) is 5.82 Å². The van der Waals surface area contributed by atoms with Gasteiger partial charge in [-0.05, 0) is 33.9 Å². The minimum atomic E-state index is -1.26. The summed E-state index contributed by atoms with van der Waals surface area (Å²) in [5, 5.41) is 15.5. The maximum atomic E-state index is 14.8. The van der Waals surface area contributed by atoms with Crippen molar-refractivity contribution in [2.75, 3.05) is 37.7 Å². The number of ether oxygens (including phenoxy) is 1. The van der Waals surface area contributed by atoms with Crippen LogP contribution in [0.15, 0.2) is 66.7 Å². The number of anilines is 1. The van der Waals surface area contributed by atoms with Crippen LogP contribution in [-0.2, 0) is 16.0 Å². The zero-order valence-corrected chi connectivity index (χ0v) is 19.7. The molecule has 3 N–H and O–H groups in total. The quantitative estimate of drug-likeness (QED) is 0.468. The Bertz CT molecular complexity index is 1230. The van der Waals surface area contributed by atoms with Gasteiger partial charge in [0.15, 0.2) is 0 Å². The molecule has 1 fully saturated rings. The number of hydrogen-bond donors (Lipinski definition) is 3. The van der Waals surface area contributed by atoms with Crippen LogP contribution in [0.1, 0.15) is 22.6 Å². The lowest BCUT2D eigenvalue weighted by atomic mass is 9.98. The summed E-state index contributed by atoms with van der Waals surface area (Å²) in [7, 11) is 0. The van der Waals surface area contributed by atoms with Crippen molar-refractivity contribution in [3.8, 4) is 11.1 Å². The summed E-state index contributed by atoms with van der Waals surface area (Å²) in [4.78, 5) is 26.6. The fraction of sp³-hybridized carbons (Fsp3) is 0.286. The maximum absolute atomic E-state index is 14.8. The second-order valence-electron chi connectivity index (χ2n) is 9.05. The predicted molar refractivity (Wildman–Crippen MR) is 135 cm³/mol. The molecular weight excluding hydrogens is 461 g/mol. The topological polar surface area (TPSA) is 90.9 Å². The number of amides is 1. The van der Waals surface area contributed by atoms with Gasteiger partial charge < -0.3 is 25.4 Å². The molecule has 2 aliphatic rings. The first kappa shape index (κ1) is 23.8. The number of benzene rings is 3. The van der Waals surface area contributed by atoms with E-state index in [0.717, 1.165) is 22.3 Å². The van der Waals surface area contributed by atoms with Crippen molar-refractivity contribution in [3.05, 3.63) is 89.2 Å². The standard InChI is InChI=1S/C28H28FN3O4/c29-24-11-5-6-18(26(24)32-14-12-30-13-15-32)16-25(27(33)34)31-28(35)36-17-23-21-9-3-1-7-19(21)20-8-2-4-10-22(20)23/h1-11,23,25,30H,12-17H2,(H,31,35)(H,33,34). The lowest BCUT2D eigenvalue weighted by Crippen LogP contribution is -2.45. The van der Waals surface area contributed by atoms with E-state index in [-0.39, 0.29) is 18.9 Å². The fourth-order valence-electron chi connectivity index (χ4n) is 5.17. The molecule has 0 saturated carbocycles. The SMILES string of the molecule is O=C(NC(Cc1cccc(F)c1N1CCNCC1)C(=O)O)OCC1c2ccccc2-c2ccccc21. The van der Waals surface area contributed by atoms with Gasteiger partial charge in [0.05, 0.1) is 5.69 Å². The van der Waals surface area contributed by atoms with Crippen molar-refractivity contribution in [2.24, 2.45) is 0 Å². The molecule has 1 amide bonds. The van der Waals surface area contributed by atoms with Gasteiger partial charge in [0.25, 0.3) is 0 Å². The van der Waals surface area contributed by atoms with Crippen molar-refractivity contribution in [3.63, 3.8) is 0 Å². The number of alkyl carbamates (subject to hydrolysis) is 1. The number of carboxylic acid groups (broad SMARTS) is 1. The zero-order valence-electron chi connectivity index (χ0n) is 19.7. The van der Waals surface area contributed by atoms with Gasteiger partial charge in [0, 0.05) is 38.5 Å². The largest absolute Gasteiger partial charge is 0.480 e.